The molecule has 0 amide bonds. The summed E-state index contributed by atoms with van der Waals surface area (Å²) >= 11 is 0. The molecule has 0 aliphatic heterocycles. The monoisotopic (exact) mass is 218 g/mol. The summed E-state index contributed by atoms with van der Waals surface area (Å²) in [5, 5.41) is 9.60. The highest BCUT2D eigenvalue weighted by atomic mass is 16.5. The Balaban J connectivity index is 2.92. The van der Waals surface area contributed by atoms with Gasteiger partial charge in [-0.15, -0.1) is 0 Å². The number of benzene rings is 1. The van der Waals surface area contributed by atoms with Crippen molar-refractivity contribution >= 4 is 5.78 Å². The van der Waals surface area contributed by atoms with Gasteiger partial charge in [-0.2, -0.15) is 0 Å². The summed E-state index contributed by atoms with van der Waals surface area (Å²) in [6.07, 6.45) is 6.60. The van der Waals surface area contributed by atoms with Gasteiger partial charge in [0.2, 0.25) is 0 Å². The Hall–Kier alpha value is -2.03. The predicted molar refractivity (Wildman–Crippen MR) is 62.9 cm³/mol. The zero-order chi connectivity index (χ0) is 12.0. The predicted octanol–water partition coefficient (Wildman–Crippen LogP) is 2.72. The molecule has 16 heavy (non-hydrogen) atoms. The van der Waals surface area contributed by atoms with Gasteiger partial charge in [0.15, 0.2) is 5.78 Å². The van der Waals surface area contributed by atoms with Crippen LogP contribution >= 0.6 is 0 Å². The van der Waals surface area contributed by atoms with Crippen LogP contribution in [0.2, 0.25) is 0 Å². The SMILES string of the molecule is C/C=C\C=C\C(=O)c1ccc(OC)cc1O. The third-order valence-corrected chi connectivity index (χ3v) is 2.02. The molecule has 3 heteroatoms. The number of rotatable bonds is 4. The molecule has 0 aliphatic carbocycles. The maximum atomic E-state index is 11.6. The van der Waals surface area contributed by atoms with Crippen LogP contribution in [0.1, 0.15) is 17.3 Å². The van der Waals surface area contributed by atoms with Crippen molar-refractivity contribution < 1.29 is 14.6 Å². The maximum Gasteiger partial charge on any atom is 0.189 e. The first-order chi connectivity index (χ1) is 7.69. The molecule has 0 heterocycles. The van der Waals surface area contributed by atoms with Crippen LogP contribution in [0.15, 0.2) is 42.5 Å². The number of hydrogen-bond acceptors (Lipinski definition) is 3. The number of ketones is 1. The maximum absolute atomic E-state index is 11.6. The highest BCUT2D eigenvalue weighted by Gasteiger charge is 2.08. The molecule has 0 saturated heterocycles. The topological polar surface area (TPSA) is 46.5 Å². The smallest absolute Gasteiger partial charge is 0.189 e. The second-order valence-electron chi connectivity index (χ2n) is 3.13. The number of aromatic hydroxyl groups is 1. The highest BCUT2D eigenvalue weighted by Crippen LogP contribution is 2.23. The van der Waals surface area contributed by atoms with Crippen LogP contribution in [0.3, 0.4) is 0 Å². The fourth-order valence-corrected chi connectivity index (χ4v) is 1.19. The molecule has 84 valence electrons. The van der Waals surface area contributed by atoms with E-state index in [1.165, 1.54) is 25.3 Å². The fourth-order valence-electron chi connectivity index (χ4n) is 1.19. The molecule has 1 aromatic rings. The van der Waals surface area contributed by atoms with Crippen molar-refractivity contribution in [3.05, 3.63) is 48.1 Å². The Labute approximate surface area is 94.7 Å². The summed E-state index contributed by atoms with van der Waals surface area (Å²) < 4.78 is 4.93. The second kappa shape index (κ2) is 5.75. The number of ether oxygens (including phenoxy) is 1. The Morgan fingerprint density at radius 1 is 1.38 bits per heavy atom. The number of carbonyl (C=O) groups excluding carboxylic acids is 1. The van der Waals surface area contributed by atoms with Crippen molar-refractivity contribution in [2.24, 2.45) is 0 Å². The molecule has 1 rings (SSSR count). The van der Waals surface area contributed by atoms with Crippen LogP contribution in [-0.4, -0.2) is 18.0 Å². The molecule has 0 fully saturated rings. The molecule has 0 aliphatic rings. The molecule has 0 unspecified atom stereocenters. The molecule has 0 aromatic heterocycles. The van der Waals surface area contributed by atoms with E-state index in [0.29, 0.717) is 5.75 Å². The molecular formula is C13H14O3. The van der Waals surface area contributed by atoms with E-state index in [1.807, 2.05) is 13.0 Å². The molecular weight excluding hydrogens is 204 g/mol. The summed E-state index contributed by atoms with van der Waals surface area (Å²) in [7, 11) is 1.50. The summed E-state index contributed by atoms with van der Waals surface area (Å²) in [4.78, 5) is 11.6. The lowest BCUT2D eigenvalue weighted by Gasteiger charge is -2.03. The Morgan fingerprint density at radius 3 is 2.69 bits per heavy atom. The Morgan fingerprint density at radius 2 is 2.12 bits per heavy atom. The van der Waals surface area contributed by atoms with E-state index in [0.717, 1.165) is 0 Å². The van der Waals surface area contributed by atoms with Gasteiger partial charge in [-0.05, 0) is 25.1 Å². The number of carbonyl (C=O) groups is 1. The van der Waals surface area contributed by atoms with Crippen LogP contribution in [0, 0.1) is 0 Å². The van der Waals surface area contributed by atoms with E-state index in [2.05, 4.69) is 0 Å². The van der Waals surface area contributed by atoms with Crippen LogP contribution < -0.4 is 4.74 Å². The van der Waals surface area contributed by atoms with Gasteiger partial charge in [-0.1, -0.05) is 18.2 Å². The normalized spacial score (nSPS) is 11.1. The highest BCUT2D eigenvalue weighted by molar-refractivity contribution is 6.06. The molecule has 1 aromatic carbocycles. The minimum atomic E-state index is -0.238. The molecule has 0 saturated carbocycles. The van der Waals surface area contributed by atoms with Gasteiger partial charge >= 0.3 is 0 Å². The van der Waals surface area contributed by atoms with Crippen LogP contribution in [0.4, 0.5) is 0 Å². The van der Waals surface area contributed by atoms with Crippen molar-refractivity contribution in [3.63, 3.8) is 0 Å². The van der Waals surface area contributed by atoms with Crippen LogP contribution in [-0.2, 0) is 0 Å². The summed E-state index contributed by atoms with van der Waals surface area (Å²) in [6.45, 7) is 1.86. The first kappa shape index (κ1) is 12.0. The third-order valence-electron chi connectivity index (χ3n) is 2.02. The van der Waals surface area contributed by atoms with Crippen LogP contribution in [0.25, 0.3) is 0 Å². The first-order valence-electron chi connectivity index (χ1n) is 4.89. The van der Waals surface area contributed by atoms with E-state index >= 15 is 0 Å². The van der Waals surface area contributed by atoms with Gasteiger partial charge in [0.05, 0.1) is 12.7 Å². The zero-order valence-corrected chi connectivity index (χ0v) is 9.31. The van der Waals surface area contributed by atoms with E-state index in [9.17, 15) is 9.90 Å². The molecule has 0 spiro atoms. The number of hydrogen-bond donors (Lipinski definition) is 1. The van der Waals surface area contributed by atoms with Gasteiger partial charge in [0.1, 0.15) is 11.5 Å². The minimum absolute atomic E-state index is 0.0746. The van der Waals surface area contributed by atoms with Crippen molar-refractivity contribution in [2.75, 3.05) is 7.11 Å². The van der Waals surface area contributed by atoms with Gasteiger partial charge in [-0.3, -0.25) is 4.79 Å². The average molecular weight is 218 g/mol. The lowest BCUT2D eigenvalue weighted by atomic mass is 10.1. The van der Waals surface area contributed by atoms with Crippen molar-refractivity contribution in [2.45, 2.75) is 6.92 Å². The summed E-state index contributed by atoms with van der Waals surface area (Å²) in [6, 6.07) is 4.59. The molecule has 0 radical (unpaired) electrons. The Kier molecular flexibility index (Phi) is 4.33. The average Bonchev–Trinajstić information content (AvgIpc) is 2.29. The lowest BCUT2D eigenvalue weighted by molar-refractivity contribution is 0.104. The molecule has 0 bridgehead atoms. The molecule has 1 N–H and O–H groups in total. The van der Waals surface area contributed by atoms with Crippen molar-refractivity contribution in [1.29, 1.82) is 0 Å². The third kappa shape index (κ3) is 2.98. The second-order valence-corrected chi connectivity index (χ2v) is 3.13. The van der Waals surface area contributed by atoms with E-state index in [-0.39, 0.29) is 17.1 Å². The Bertz CT molecular complexity index is 431. The van der Waals surface area contributed by atoms with Crippen molar-refractivity contribution in [1.82, 2.24) is 0 Å². The molecule has 3 nitrogen and oxygen atoms in total. The zero-order valence-electron chi connectivity index (χ0n) is 9.31. The minimum Gasteiger partial charge on any atom is -0.507 e. The summed E-state index contributed by atoms with van der Waals surface area (Å²) in [5.74, 6) is 0.208. The van der Waals surface area contributed by atoms with Gasteiger partial charge in [0.25, 0.3) is 0 Å². The van der Waals surface area contributed by atoms with E-state index in [1.54, 1.807) is 18.2 Å². The van der Waals surface area contributed by atoms with Crippen LogP contribution in [0.5, 0.6) is 11.5 Å². The number of allylic oxidation sites excluding steroid dienone is 4. The number of phenols is 1. The van der Waals surface area contributed by atoms with Gasteiger partial charge in [-0.25, -0.2) is 0 Å². The fraction of sp³-hybridized carbons (Fsp3) is 0.154. The molecule has 0 atom stereocenters. The quantitative estimate of drug-likeness (QED) is 0.480. The van der Waals surface area contributed by atoms with Gasteiger partial charge < -0.3 is 9.84 Å². The first-order valence-corrected chi connectivity index (χ1v) is 4.89. The van der Waals surface area contributed by atoms with Gasteiger partial charge in [0, 0.05) is 6.07 Å². The van der Waals surface area contributed by atoms with E-state index < -0.39 is 0 Å². The number of phenolic OH excluding ortho intramolecular Hbond substituents is 1. The van der Waals surface area contributed by atoms with E-state index in [4.69, 9.17) is 4.74 Å². The standard InChI is InChI=1S/C13H14O3/c1-3-4-5-6-12(14)11-8-7-10(16-2)9-13(11)15/h3-9,15H,1-2H3/b4-3-,6-5+. The lowest BCUT2D eigenvalue weighted by Crippen LogP contribution is -1.95. The van der Waals surface area contributed by atoms with Crippen molar-refractivity contribution in [3.8, 4) is 11.5 Å². The number of methoxy groups -OCH3 is 1. The summed E-state index contributed by atoms with van der Waals surface area (Å²) in [5.41, 5.74) is 0.265. The largest absolute Gasteiger partial charge is 0.507 e.